The minimum Gasteiger partial charge on any atom is -0.322 e. The fraction of sp³-hybridized carbons (Fsp3) is 0.0526. The van der Waals surface area contributed by atoms with Crippen LogP contribution in [0.5, 0.6) is 0 Å². The molecule has 0 aliphatic rings. The highest BCUT2D eigenvalue weighted by molar-refractivity contribution is 14.1. The summed E-state index contributed by atoms with van der Waals surface area (Å²) in [6, 6.07) is 15.3. The molecule has 2 aromatic heterocycles. The van der Waals surface area contributed by atoms with Gasteiger partial charge >= 0.3 is 0 Å². The van der Waals surface area contributed by atoms with Crippen LogP contribution >= 0.6 is 33.9 Å². The van der Waals surface area contributed by atoms with Crippen LogP contribution in [-0.2, 0) is 0 Å². The second-order valence-corrected chi connectivity index (χ2v) is 7.78. The van der Waals surface area contributed by atoms with E-state index in [-0.39, 0.29) is 5.91 Å². The zero-order valence-corrected chi connectivity index (χ0v) is 16.3. The van der Waals surface area contributed by atoms with Crippen LogP contribution in [0.15, 0.2) is 60.1 Å². The first-order valence-electron chi connectivity index (χ1n) is 7.71. The van der Waals surface area contributed by atoms with Gasteiger partial charge in [-0.25, -0.2) is 4.98 Å². The van der Waals surface area contributed by atoms with Gasteiger partial charge < -0.3 is 5.32 Å². The van der Waals surface area contributed by atoms with Crippen molar-refractivity contribution < 1.29 is 4.79 Å². The van der Waals surface area contributed by atoms with E-state index >= 15 is 0 Å². The summed E-state index contributed by atoms with van der Waals surface area (Å²) in [5.74, 6) is -0.116. The molecule has 0 atom stereocenters. The number of hydrogen-bond donors (Lipinski definition) is 1. The van der Waals surface area contributed by atoms with Crippen LogP contribution in [0.3, 0.4) is 0 Å². The molecule has 25 heavy (non-hydrogen) atoms. The van der Waals surface area contributed by atoms with Crippen molar-refractivity contribution in [1.82, 2.24) is 9.38 Å². The number of carbonyl (C=O) groups is 1. The van der Waals surface area contributed by atoms with Gasteiger partial charge in [-0.15, -0.1) is 11.3 Å². The number of aromatic nitrogens is 2. The van der Waals surface area contributed by atoms with Gasteiger partial charge in [-0.1, -0.05) is 12.1 Å². The van der Waals surface area contributed by atoms with Crippen molar-refractivity contribution in [3.05, 3.63) is 74.9 Å². The summed E-state index contributed by atoms with van der Waals surface area (Å²) < 4.78 is 3.18. The number of aryl methyl sites for hydroxylation is 1. The second-order valence-electron chi connectivity index (χ2n) is 5.70. The molecular weight excluding hydrogens is 445 g/mol. The average molecular weight is 459 g/mol. The van der Waals surface area contributed by atoms with Crippen LogP contribution in [-0.4, -0.2) is 15.3 Å². The lowest BCUT2D eigenvalue weighted by Gasteiger charge is -2.07. The van der Waals surface area contributed by atoms with Crippen molar-refractivity contribution in [1.29, 1.82) is 0 Å². The SMILES string of the molecule is Cc1csc2nc(-c3cccc(NC(=O)c4ccc(I)cc4)c3)cn12. The number of nitrogens with one attached hydrogen (secondary N) is 1. The van der Waals surface area contributed by atoms with Gasteiger partial charge in [0.2, 0.25) is 0 Å². The number of fused-ring (bicyclic) bond motifs is 1. The normalized spacial score (nSPS) is 11.0. The molecule has 0 fully saturated rings. The topological polar surface area (TPSA) is 46.4 Å². The molecule has 0 unspecified atom stereocenters. The van der Waals surface area contributed by atoms with Gasteiger partial charge in [-0.3, -0.25) is 9.20 Å². The molecule has 0 spiro atoms. The smallest absolute Gasteiger partial charge is 0.255 e. The molecule has 0 saturated carbocycles. The van der Waals surface area contributed by atoms with Crippen LogP contribution in [0.1, 0.15) is 16.1 Å². The summed E-state index contributed by atoms with van der Waals surface area (Å²) in [7, 11) is 0. The van der Waals surface area contributed by atoms with Crippen molar-refractivity contribution in [2.24, 2.45) is 0 Å². The molecule has 0 bridgehead atoms. The van der Waals surface area contributed by atoms with Crippen molar-refractivity contribution in [3.8, 4) is 11.3 Å². The maximum Gasteiger partial charge on any atom is 0.255 e. The van der Waals surface area contributed by atoms with Crippen molar-refractivity contribution in [2.75, 3.05) is 5.32 Å². The van der Waals surface area contributed by atoms with Crippen molar-refractivity contribution in [3.63, 3.8) is 0 Å². The van der Waals surface area contributed by atoms with E-state index in [4.69, 9.17) is 0 Å². The van der Waals surface area contributed by atoms with Crippen LogP contribution in [0.25, 0.3) is 16.2 Å². The number of amides is 1. The highest BCUT2D eigenvalue weighted by Crippen LogP contribution is 2.25. The molecule has 6 heteroatoms. The number of nitrogens with zero attached hydrogens (tertiary/aromatic N) is 2. The molecule has 2 heterocycles. The predicted octanol–water partition coefficient (Wildman–Crippen LogP) is 5.23. The largest absolute Gasteiger partial charge is 0.322 e. The number of thiazole rings is 1. The quantitative estimate of drug-likeness (QED) is 0.427. The lowest BCUT2D eigenvalue weighted by Crippen LogP contribution is -2.11. The lowest BCUT2D eigenvalue weighted by atomic mass is 10.1. The fourth-order valence-corrected chi connectivity index (χ4v) is 3.80. The molecule has 0 aliphatic heterocycles. The Bertz CT molecular complexity index is 1070. The third-order valence-corrected chi connectivity index (χ3v) is 5.59. The Balaban J connectivity index is 1.60. The third-order valence-electron chi connectivity index (χ3n) is 3.91. The highest BCUT2D eigenvalue weighted by atomic mass is 127. The first-order chi connectivity index (χ1) is 12.1. The Kier molecular flexibility index (Phi) is 4.30. The highest BCUT2D eigenvalue weighted by Gasteiger charge is 2.10. The summed E-state index contributed by atoms with van der Waals surface area (Å²) in [5, 5.41) is 5.04. The first kappa shape index (κ1) is 16.3. The van der Waals surface area contributed by atoms with Gasteiger partial charge in [0.1, 0.15) is 0 Å². The molecule has 0 saturated heterocycles. The molecule has 1 N–H and O–H groups in total. The van der Waals surface area contributed by atoms with E-state index in [9.17, 15) is 4.79 Å². The first-order valence-corrected chi connectivity index (χ1v) is 9.66. The van der Waals surface area contributed by atoms with E-state index in [1.165, 1.54) is 5.69 Å². The Labute approximate surface area is 162 Å². The monoisotopic (exact) mass is 459 g/mol. The maximum atomic E-state index is 12.4. The molecule has 0 aliphatic carbocycles. The zero-order valence-electron chi connectivity index (χ0n) is 13.4. The minimum atomic E-state index is -0.116. The summed E-state index contributed by atoms with van der Waals surface area (Å²) in [4.78, 5) is 18.0. The summed E-state index contributed by atoms with van der Waals surface area (Å²) in [6.07, 6.45) is 2.03. The number of halogens is 1. The number of rotatable bonds is 3. The Morgan fingerprint density at radius 1 is 1.20 bits per heavy atom. The van der Waals surface area contributed by atoms with Crippen molar-refractivity contribution >= 4 is 50.5 Å². The van der Waals surface area contributed by atoms with Gasteiger partial charge in [0, 0.05) is 37.7 Å². The second kappa shape index (κ2) is 6.61. The van der Waals surface area contributed by atoms with E-state index in [0.29, 0.717) is 5.56 Å². The number of benzene rings is 2. The summed E-state index contributed by atoms with van der Waals surface area (Å²) in [5.41, 5.74) is 4.45. The van der Waals surface area contributed by atoms with Crippen LogP contribution < -0.4 is 5.32 Å². The molecule has 0 radical (unpaired) electrons. The maximum absolute atomic E-state index is 12.4. The van der Waals surface area contributed by atoms with Gasteiger partial charge in [0.15, 0.2) is 4.96 Å². The summed E-state index contributed by atoms with van der Waals surface area (Å²) in [6.45, 7) is 2.06. The van der Waals surface area contributed by atoms with E-state index < -0.39 is 0 Å². The average Bonchev–Trinajstić information content (AvgIpc) is 3.18. The molecule has 1 amide bonds. The molecule has 4 aromatic rings. The number of imidazole rings is 1. The standard InChI is InChI=1S/C19H14IN3OS/c1-12-11-25-19-22-17(10-23(12)19)14-3-2-4-16(9-14)21-18(24)13-5-7-15(20)8-6-13/h2-11H,1H3,(H,21,24). The Morgan fingerprint density at radius 3 is 2.76 bits per heavy atom. The van der Waals surface area contributed by atoms with Crippen molar-refractivity contribution in [2.45, 2.75) is 6.92 Å². The number of carbonyl (C=O) groups excluding carboxylic acids is 1. The van der Waals surface area contributed by atoms with E-state index in [1.54, 1.807) is 11.3 Å². The van der Waals surface area contributed by atoms with Gasteiger partial charge in [-0.2, -0.15) is 0 Å². The molecule has 2 aromatic carbocycles. The van der Waals surface area contributed by atoms with Crippen LogP contribution in [0, 0.1) is 10.5 Å². The molecule has 124 valence electrons. The number of hydrogen-bond acceptors (Lipinski definition) is 3. The third kappa shape index (κ3) is 3.32. The predicted molar refractivity (Wildman–Crippen MR) is 110 cm³/mol. The molecule has 4 rings (SSSR count). The molecular formula is C19H14IN3OS. The van der Waals surface area contributed by atoms with Gasteiger partial charge in [0.25, 0.3) is 5.91 Å². The summed E-state index contributed by atoms with van der Waals surface area (Å²) >= 11 is 3.85. The van der Waals surface area contributed by atoms with E-state index in [0.717, 1.165) is 25.5 Å². The molecule has 4 nitrogen and oxygen atoms in total. The zero-order chi connectivity index (χ0) is 17.4. The Hall–Kier alpha value is -2.19. The van der Waals surface area contributed by atoms with Gasteiger partial charge in [-0.05, 0) is 65.9 Å². The van der Waals surface area contributed by atoms with Crippen LogP contribution in [0.4, 0.5) is 5.69 Å². The fourth-order valence-electron chi connectivity index (χ4n) is 2.59. The lowest BCUT2D eigenvalue weighted by molar-refractivity contribution is 0.102. The van der Waals surface area contributed by atoms with E-state index in [2.05, 4.69) is 49.6 Å². The Morgan fingerprint density at radius 2 is 2.00 bits per heavy atom. The minimum absolute atomic E-state index is 0.116. The number of anilines is 1. The van der Waals surface area contributed by atoms with Gasteiger partial charge in [0.05, 0.1) is 5.69 Å². The van der Waals surface area contributed by atoms with E-state index in [1.807, 2.05) is 54.7 Å². The van der Waals surface area contributed by atoms with Crippen LogP contribution in [0.2, 0.25) is 0 Å².